The van der Waals surface area contributed by atoms with Gasteiger partial charge >= 0.3 is 0 Å². The molecule has 6 heteroatoms. The predicted molar refractivity (Wildman–Crippen MR) is 99.7 cm³/mol. The van der Waals surface area contributed by atoms with Crippen molar-refractivity contribution >= 4 is 17.2 Å². The number of aryl methyl sites for hydroxylation is 1. The van der Waals surface area contributed by atoms with Gasteiger partial charge in [0.2, 0.25) is 0 Å². The fraction of sp³-hybridized carbons (Fsp3) is 0.350. The Balaban J connectivity index is 1.91. The number of pyridine rings is 1. The SMILES string of the molecule is CONc1cc(C#CC2CCOCC2)c(Nc2ccc(F)cc2)nc1C. The number of hydrogen-bond donors (Lipinski definition) is 2. The molecule has 1 aromatic carbocycles. The van der Waals surface area contributed by atoms with Crippen LogP contribution in [0.4, 0.5) is 21.6 Å². The van der Waals surface area contributed by atoms with Crippen LogP contribution in [-0.2, 0) is 9.57 Å². The van der Waals surface area contributed by atoms with Crippen molar-refractivity contribution in [1.82, 2.24) is 4.98 Å². The molecule has 3 rings (SSSR count). The van der Waals surface area contributed by atoms with E-state index >= 15 is 0 Å². The van der Waals surface area contributed by atoms with Gasteiger partial charge in [0.05, 0.1) is 24.1 Å². The molecular formula is C20H22FN3O2. The number of aromatic nitrogens is 1. The molecule has 2 aromatic rings. The summed E-state index contributed by atoms with van der Waals surface area (Å²) in [5.74, 6) is 7.24. The van der Waals surface area contributed by atoms with Crippen LogP contribution in [0.2, 0.25) is 0 Å². The molecule has 0 aliphatic carbocycles. The molecule has 0 spiro atoms. The summed E-state index contributed by atoms with van der Waals surface area (Å²) in [5.41, 5.74) is 5.86. The molecule has 136 valence electrons. The zero-order valence-electron chi connectivity index (χ0n) is 14.9. The highest BCUT2D eigenvalue weighted by Crippen LogP contribution is 2.25. The van der Waals surface area contributed by atoms with Gasteiger partial charge < -0.3 is 10.1 Å². The first-order chi connectivity index (χ1) is 12.7. The summed E-state index contributed by atoms with van der Waals surface area (Å²) in [6.45, 7) is 3.39. The Labute approximate surface area is 152 Å². The average molecular weight is 355 g/mol. The molecule has 0 radical (unpaired) electrons. The zero-order chi connectivity index (χ0) is 18.4. The smallest absolute Gasteiger partial charge is 0.146 e. The summed E-state index contributed by atoms with van der Waals surface area (Å²) in [6.07, 6.45) is 1.88. The Hall–Kier alpha value is -2.62. The molecule has 1 saturated heterocycles. The van der Waals surface area contributed by atoms with E-state index < -0.39 is 0 Å². The van der Waals surface area contributed by atoms with Crippen LogP contribution in [0.3, 0.4) is 0 Å². The monoisotopic (exact) mass is 355 g/mol. The molecule has 0 amide bonds. The second-order valence-corrected chi connectivity index (χ2v) is 6.11. The van der Waals surface area contributed by atoms with E-state index in [0.717, 1.165) is 48.7 Å². The van der Waals surface area contributed by atoms with Crippen molar-refractivity contribution in [3.05, 3.63) is 47.4 Å². The van der Waals surface area contributed by atoms with E-state index in [1.165, 1.54) is 12.1 Å². The number of anilines is 3. The fourth-order valence-corrected chi connectivity index (χ4v) is 2.70. The van der Waals surface area contributed by atoms with Crippen LogP contribution < -0.4 is 10.8 Å². The van der Waals surface area contributed by atoms with Gasteiger partial charge in [-0.1, -0.05) is 11.8 Å². The second kappa shape index (κ2) is 8.65. The van der Waals surface area contributed by atoms with Crippen molar-refractivity contribution in [2.24, 2.45) is 5.92 Å². The topological polar surface area (TPSA) is 55.4 Å². The number of nitrogens with zero attached hydrogens (tertiary/aromatic N) is 1. The van der Waals surface area contributed by atoms with Gasteiger partial charge in [0.1, 0.15) is 11.6 Å². The first-order valence-corrected chi connectivity index (χ1v) is 8.58. The normalized spacial score (nSPS) is 14.4. The van der Waals surface area contributed by atoms with Crippen LogP contribution in [-0.4, -0.2) is 25.3 Å². The number of benzene rings is 1. The maximum atomic E-state index is 13.1. The van der Waals surface area contributed by atoms with E-state index in [0.29, 0.717) is 11.7 Å². The molecule has 0 saturated carbocycles. The molecular weight excluding hydrogens is 333 g/mol. The lowest BCUT2D eigenvalue weighted by molar-refractivity contribution is 0.0807. The number of halogens is 1. The number of nitrogens with one attached hydrogen (secondary N) is 2. The van der Waals surface area contributed by atoms with Crippen LogP contribution in [0.5, 0.6) is 0 Å². The summed E-state index contributed by atoms with van der Waals surface area (Å²) < 4.78 is 18.5. The fourth-order valence-electron chi connectivity index (χ4n) is 2.70. The maximum Gasteiger partial charge on any atom is 0.146 e. The van der Waals surface area contributed by atoms with Crippen LogP contribution in [0, 0.1) is 30.5 Å². The molecule has 2 heterocycles. The lowest BCUT2D eigenvalue weighted by atomic mass is 10.0. The molecule has 0 bridgehead atoms. The molecule has 26 heavy (non-hydrogen) atoms. The molecule has 0 unspecified atom stereocenters. The Kier molecular flexibility index (Phi) is 6.05. The van der Waals surface area contributed by atoms with Crippen LogP contribution >= 0.6 is 0 Å². The van der Waals surface area contributed by atoms with Crippen molar-refractivity contribution in [2.75, 3.05) is 31.1 Å². The van der Waals surface area contributed by atoms with E-state index in [2.05, 4.69) is 27.6 Å². The van der Waals surface area contributed by atoms with Crippen molar-refractivity contribution < 1.29 is 14.0 Å². The Bertz CT molecular complexity index is 806. The summed E-state index contributed by atoms with van der Waals surface area (Å²) in [6, 6.07) is 8.06. The first kappa shape index (κ1) is 18.2. The standard InChI is InChI=1S/C20H22FN3O2/c1-14-19(24-25-2)13-16(4-3-15-9-11-26-12-10-15)20(22-14)23-18-7-5-17(21)6-8-18/h5-8,13,15,24H,9-12H2,1-2H3,(H,22,23). The van der Waals surface area contributed by atoms with Gasteiger partial charge in [-0.3, -0.25) is 10.3 Å². The summed E-state index contributed by atoms with van der Waals surface area (Å²) in [4.78, 5) is 9.61. The lowest BCUT2D eigenvalue weighted by Gasteiger charge is -2.17. The van der Waals surface area contributed by atoms with Gasteiger partial charge in [0, 0.05) is 24.8 Å². The third-order valence-electron chi connectivity index (χ3n) is 4.16. The minimum atomic E-state index is -0.279. The van der Waals surface area contributed by atoms with E-state index in [1.54, 1.807) is 19.2 Å². The summed E-state index contributed by atoms with van der Waals surface area (Å²) >= 11 is 0. The van der Waals surface area contributed by atoms with E-state index in [4.69, 9.17) is 9.57 Å². The van der Waals surface area contributed by atoms with Gasteiger partial charge in [-0.25, -0.2) is 9.37 Å². The van der Waals surface area contributed by atoms with Crippen molar-refractivity contribution in [3.8, 4) is 11.8 Å². The van der Waals surface area contributed by atoms with Crippen molar-refractivity contribution in [1.29, 1.82) is 0 Å². The number of hydrogen-bond acceptors (Lipinski definition) is 5. The van der Waals surface area contributed by atoms with Crippen molar-refractivity contribution in [3.63, 3.8) is 0 Å². The quantitative estimate of drug-likeness (QED) is 0.641. The third-order valence-corrected chi connectivity index (χ3v) is 4.16. The minimum absolute atomic E-state index is 0.279. The lowest BCUT2D eigenvalue weighted by Crippen LogP contribution is -2.14. The number of rotatable bonds is 4. The molecule has 0 atom stereocenters. The van der Waals surface area contributed by atoms with Gasteiger partial charge in [0.25, 0.3) is 0 Å². The first-order valence-electron chi connectivity index (χ1n) is 8.58. The number of ether oxygens (including phenoxy) is 1. The van der Waals surface area contributed by atoms with Crippen LogP contribution in [0.15, 0.2) is 30.3 Å². The molecule has 2 N–H and O–H groups in total. The van der Waals surface area contributed by atoms with Gasteiger partial charge in [0.15, 0.2) is 0 Å². The highest BCUT2D eigenvalue weighted by Gasteiger charge is 2.12. The highest BCUT2D eigenvalue weighted by molar-refractivity contribution is 5.68. The minimum Gasteiger partial charge on any atom is -0.381 e. The molecule has 1 aromatic heterocycles. The highest BCUT2D eigenvalue weighted by atomic mass is 19.1. The van der Waals surface area contributed by atoms with Gasteiger partial charge in [-0.05, 0) is 50.1 Å². The molecule has 5 nitrogen and oxygen atoms in total. The Morgan fingerprint density at radius 1 is 1.23 bits per heavy atom. The summed E-state index contributed by atoms with van der Waals surface area (Å²) in [7, 11) is 1.55. The third kappa shape index (κ3) is 4.72. The predicted octanol–water partition coefficient (Wildman–Crippen LogP) is 4.02. The zero-order valence-corrected chi connectivity index (χ0v) is 14.9. The van der Waals surface area contributed by atoms with Crippen LogP contribution in [0.1, 0.15) is 24.1 Å². The van der Waals surface area contributed by atoms with E-state index in [-0.39, 0.29) is 5.82 Å². The largest absolute Gasteiger partial charge is 0.381 e. The Morgan fingerprint density at radius 3 is 2.65 bits per heavy atom. The maximum absolute atomic E-state index is 13.1. The van der Waals surface area contributed by atoms with Gasteiger partial charge in [-0.2, -0.15) is 0 Å². The van der Waals surface area contributed by atoms with E-state index in [1.807, 2.05) is 13.0 Å². The molecule has 1 aliphatic rings. The van der Waals surface area contributed by atoms with Crippen LogP contribution in [0.25, 0.3) is 0 Å². The van der Waals surface area contributed by atoms with E-state index in [9.17, 15) is 4.39 Å². The average Bonchev–Trinajstić information content (AvgIpc) is 2.65. The van der Waals surface area contributed by atoms with Crippen molar-refractivity contribution in [2.45, 2.75) is 19.8 Å². The summed E-state index contributed by atoms with van der Waals surface area (Å²) in [5, 5.41) is 3.22. The second-order valence-electron chi connectivity index (χ2n) is 6.11. The molecule has 1 aliphatic heterocycles. The Morgan fingerprint density at radius 2 is 1.96 bits per heavy atom. The van der Waals surface area contributed by atoms with Gasteiger partial charge in [-0.15, -0.1) is 0 Å². The molecule has 1 fully saturated rings.